The molecule has 1 saturated carbocycles. The van der Waals surface area contributed by atoms with E-state index in [-0.39, 0.29) is 25.0 Å². The van der Waals surface area contributed by atoms with Crippen LogP contribution in [0, 0.1) is 11.2 Å². The number of rotatable bonds is 8. The van der Waals surface area contributed by atoms with Crippen LogP contribution in [-0.2, 0) is 25.4 Å². The van der Waals surface area contributed by atoms with Crippen molar-refractivity contribution in [2.24, 2.45) is 5.41 Å². The second-order valence-electron chi connectivity index (χ2n) is 10.2. The monoisotopic (exact) mass is 505 g/mol. The Morgan fingerprint density at radius 1 is 1.11 bits per heavy atom. The minimum absolute atomic E-state index is 0.191. The number of carbonyl (C=O) groups excluding carboxylic acids is 2. The number of benzene rings is 2. The van der Waals surface area contributed by atoms with Crippen LogP contribution in [0.25, 0.3) is 11.1 Å². The molecule has 8 heteroatoms. The van der Waals surface area contributed by atoms with Gasteiger partial charge in [-0.15, -0.1) is 0 Å². The molecule has 2 aromatic rings. The van der Waals surface area contributed by atoms with Crippen LogP contribution >= 0.6 is 11.6 Å². The predicted molar refractivity (Wildman–Crippen MR) is 133 cm³/mol. The minimum atomic E-state index is -0.844. The van der Waals surface area contributed by atoms with Gasteiger partial charge in [0.15, 0.2) is 0 Å². The Balaban J connectivity index is 1.85. The van der Waals surface area contributed by atoms with Crippen LogP contribution in [0.1, 0.15) is 46.1 Å². The van der Waals surface area contributed by atoms with Gasteiger partial charge >= 0.3 is 12.1 Å². The molecule has 1 N–H and O–H groups in total. The zero-order chi connectivity index (χ0) is 25.9. The zero-order valence-electron chi connectivity index (χ0n) is 20.9. The fourth-order valence-corrected chi connectivity index (χ4v) is 4.97. The fraction of sp³-hybridized carbons (Fsp3) is 0.481. The van der Waals surface area contributed by atoms with Crippen molar-refractivity contribution < 1.29 is 28.2 Å². The highest BCUT2D eigenvalue weighted by Crippen LogP contribution is 2.51. The number of alkyl carbamates (subject to hydrolysis) is 1. The van der Waals surface area contributed by atoms with E-state index in [1.165, 1.54) is 19.2 Å². The van der Waals surface area contributed by atoms with Gasteiger partial charge < -0.3 is 19.5 Å². The van der Waals surface area contributed by atoms with Gasteiger partial charge in [-0.2, -0.15) is 0 Å². The van der Waals surface area contributed by atoms with Gasteiger partial charge in [-0.25, -0.2) is 9.18 Å². The molecule has 0 heterocycles. The van der Waals surface area contributed by atoms with Crippen LogP contribution < -0.4 is 5.32 Å². The molecule has 0 aliphatic heterocycles. The van der Waals surface area contributed by atoms with Gasteiger partial charge in [-0.05, 0) is 76.3 Å². The Hall–Kier alpha value is -2.64. The smallest absolute Gasteiger partial charge is 0.408 e. The minimum Gasteiger partial charge on any atom is -0.465 e. The lowest BCUT2D eigenvalue weighted by Crippen LogP contribution is -2.67. The van der Waals surface area contributed by atoms with Crippen molar-refractivity contribution in [3.63, 3.8) is 0 Å². The SMILES string of the molecule is CCOC(=O)C1(COC)CC(Cc2ccc(-c3cc(Cl)ccc3F)cc2)(NC(=O)OC(C)(C)C)C1. The molecule has 0 spiro atoms. The molecule has 0 bridgehead atoms. The molecule has 0 radical (unpaired) electrons. The topological polar surface area (TPSA) is 73.9 Å². The number of amides is 1. The van der Waals surface area contributed by atoms with Crippen LogP contribution in [0.4, 0.5) is 9.18 Å². The first kappa shape index (κ1) is 27.0. The molecule has 35 heavy (non-hydrogen) atoms. The summed E-state index contributed by atoms with van der Waals surface area (Å²) in [6.45, 7) is 7.59. The number of carbonyl (C=O) groups is 2. The van der Waals surface area contributed by atoms with E-state index in [1.54, 1.807) is 33.8 Å². The van der Waals surface area contributed by atoms with Crippen molar-refractivity contribution in [2.75, 3.05) is 20.3 Å². The first-order valence-electron chi connectivity index (χ1n) is 11.6. The van der Waals surface area contributed by atoms with Crippen molar-refractivity contribution in [3.8, 4) is 11.1 Å². The van der Waals surface area contributed by atoms with Gasteiger partial charge in [0.25, 0.3) is 0 Å². The predicted octanol–water partition coefficient (Wildman–Crippen LogP) is 5.94. The lowest BCUT2D eigenvalue weighted by molar-refractivity contribution is -0.174. The summed E-state index contributed by atoms with van der Waals surface area (Å²) in [5.74, 6) is -0.696. The first-order valence-corrected chi connectivity index (χ1v) is 12.0. The molecular weight excluding hydrogens is 473 g/mol. The van der Waals surface area contributed by atoms with E-state index >= 15 is 0 Å². The second kappa shape index (κ2) is 10.5. The summed E-state index contributed by atoms with van der Waals surface area (Å²) in [6, 6.07) is 11.8. The Bertz CT molecular complexity index is 1060. The molecule has 0 atom stereocenters. The van der Waals surface area contributed by atoms with Gasteiger partial charge in [0.05, 0.1) is 18.6 Å². The maximum Gasteiger partial charge on any atom is 0.408 e. The molecule has 0 saturated heterocycles. The van der Waals surface area contributed by atoms with E-state index in [0.717, 1.165) is 5.56 Å². The fourth-order valence-electron chi connectivity index (χ4n) is 4.80. The Morgan fingerprint density at radius 2 is 1.77 bits per heavy atom. The molecular formula is C27H33ClFNO5. The Labute approximate surface area is 211 Å². The highest BCUT2D eigenvalue weighted by Gasteiger charge is 2.60. The molecule has 3 rings (SSSR count). The lowest BCUT2D eigenvalue weighted by atomic mass is 9.55. The molecule has 6 nitrogen and oxygen atoms in total. The summed E-state index contributed by atoms with van der Waals surface area (Å²) in [5, 5.41) is 3.46. The van der Waals surface area contributed by atoms with Crippen molar-refractivity contribution in [3.05, 3.63) is 58.9 Å². The maximum absolute atomic E-state index is 14.3. The molecule has 1 aliphatic rings. The van der Waals surface area contributed by atoms with E-state index in [1.807, 2.05) is 24.3 Å². The molecule has 2 aromatic carbocycles. The highest BCUT2D eigenvalue weighted by atomic mass is 35.5. The number of hydrogen-bond donors (Lipinski definition) is 1. The summed E-state index contributed by atoms with van der Waals surface area (Å²) in [5.41, 5.74) is -0.211. The molecule has 0 aromatic heterocycles. The van der Waals surface area contributed by atoms with E-state index < -0.39 is 22.6 Å². The number of ether oxygens (including phenoxy) is 3. The van der Waals surface area contributed by atoms with Gasteiger partial charge in [0.2, 0.25) is 0 Å². The van der Waals surface area contributed by atoms with E-state index in [2.05, 4.69) is 5.32 Å². The average Bonchev–Trinajstić information content (AvgIpc) is 2.73. The van der Waals surface area contributed by atoms with Crippen molar-refractivity contribution >= 4 is 23.7 Å². The van der Waals surface area contributed by atoms with E-state index in [9.17, 15) is 14.0 Å². The molecule has 190 valence electrons. The second-order valence-corrected chi connectivity index (χ2v) is 10.6. The highest BCUT2D eigenvalue weighted by molar-refractivity contribution is 6.30. The third kappa shape index (κ3) is 6.53. The molecule has 1 aliphatic carbocycles. The summed E-state index contributed by atoms with van der Waals surface area (Å²) in [6.07, 6.45) is 0.591. The van der Waals surface area contributed by atoms with Crippen molar-refractivity contribution in [1.29, 1.82) is 0 Å². The van der Waals surface area contributed by atoms with Crippen LogP contribution in [0.2, 0.25) is 5.02 Å². The van der Waals surface area contributed by atoms with Gasteiger partial charge in [0.1, 0.15) is 11.4 Å². The number of esters is 1. The number of methoxy groups -OCH3 is 1. The quantitative estimate of drug-likeness (QED) is 0.449. The van der Waals surface area contributed by atoms with Crippen LogP contribution in [0.15, 0.2) is 42.5 Å². The third-order valence-electron chi connectivity index (χ3n) is 5.98. The van der Waals surface area contributed by atoms with Gasteiger partial charge in [0, 0.05) is 23.2 Å². The molecule has 1 fully saturated rings. The maximum atomic E-state index is 14.3. The average molecular weight is 506 g/mol. The zero-order valence-corrected chi connectivity index (χ0v) is 21.6. The first-order chi connectivity index (χ1) is 16.4. The van der Waals surface area contributed by atoms with Gasteiger partial charge in [-0.3, -0.25) is 4.79 Å². The molecule has 1 amide bonds. The normalized spacial score (nSPS) is 21.7. The van der Waals surface area contributed by atoms with Crippen LogP contribution in [0.3, 0.4) is 0 Å². The lowest BCUT2D eigenvalue weighted by Gasteiger charge is -2.54. The van der Waals surface area contributed by atoms with E-state index in [4.69, 9.17) is 25.8 Å². The van der Waals surface area contributed by atoms with Crippen molar-refractivity contribution in [1.82, 2.24) is 5.32 Å². The summed E-state index contributed by atoms with van der Waals surface area (Å²) in [4.78, 5) is 25.5. The summed E-state index contributed by atoms with van der Waals surface area (Å²) in [7, 11) is 1.54. The van der Waals surface area contributed by atoms with Crippen LogP contribution in [0.5, 0.6) is 0 Å². The number of nitrogens with one attached hydrogen (secondary N) is 1. The Morgan fingerprint density at radius 3 is 2.34 bits per heavy atom. The third-order valence-corrected chi connectivity index (χ3v) is 6.22. The number of halogens is 2. The van der Waals surface area contributed by atoms with Crippen molar-refractivity contribution in [2.45, 2.75) is 58.1 Å². The van der Waals surface area contributed by atoms with Gasteiger partial charge in [-0.1, -0.05) is 35.9 Å². The Kier molecular flexibility index (Phi) is 8.12. The largest absolute Gasteiger partial charge is 0.465 e. The standard InChI is InChI=1S/C27H33ClFNO5/c1-6-34-23(31)26(17-33-5)15-27(16-26,30-24(32)35-25(2,3)4)14-18-7-9-19(10-8-18)21-13-20(28)11-12-22(21)29/h7-13H,6,14-17H2,1-5H3,(H,30,32). The molecule has 0 unspecified atom stereocenters. The summed E-state index contributed by atoms with van der Waals surface area (Å²) >= 11 is 6.04. The summed E-state index contributed by atoms with van der Waals surface area (Å²) < 4.78 is 30.4. The van der Waals surface area contributed by atoms with E-state index in [0.29, 0.717) is 35.4 Å². The van der Waals surface area contributed by atoms with Crippen LogP contribution in [-0.4, -0.2) is 43.5 Å². The number of hydrogen-bond acceptors (Lipinski definition) is 5.